The highest BCUT2D eigenvalue weighted by molar-refractivity contribution is 5.29. The van der Waals surface area contributed by atoms with Gasteiger partial charge in [-0.25, -0.2) is 0 Å². The van der Waals surface area contributed by atoms with Gasteiger partial charge < -0.3 is 0 Å². The van der Waals surface area contributed by atoms with Gasteiger partial charge >= 0.3 is 0 Å². The minimum atomic E-state index is 0.759. The van der Waals surface area contributed by atoms with E-state index in [1.165, 1.54) is 22.3 Å². The first-order valence-corrected chi connectivity index (χ1v) is 5.98. The molecule has 2 aliphatic carbocycles. The highest BCUT2D eigenvalue weighted by atomic mass is 14.1. The maximum Gasteiger partial charge on any atom is 0.0629 e. The molecule has 0 radical (unpaired) electrons. The molecule has 80 valence electrons. The van der Waals surface area contributed by atoms with E-state index in [1.54, 1.807) is 0 Å². The van der Waals surface area contributed by atoms with Gasteiger partial charge in [0.05, 0.1) is 1.37 Å². The normalized spacial score (nSPS) is 15.4. The molecule has 0 saturated carbocycles. The van der Waals surface area contributed by atoms with Crippen LogP contribution in [0, 0.1) is 0 Å². The Hall–Kier alpha value is -1.56. The maximum atomic E-state index is 8.22. The Morgan fingerprint density at radius 1 is 0.625 bits per heavy atom. The predicted octanol–water partition coefficient (Wildman–Crippen LogP) is 3.57. The molecule has 0 N–H and O–H groups in total. The van der Waals surface area contributed by atoms with Crippen molar-refractivity contribution in [2.45, 2.75) is 25.7 Å². The second kappa shape index (κ2) is 4.13. The summed E-state index contributed by atoms with van der Waals surface area (Å²) in [6, 6.07) is 16.0. The van der Waals surface area contributed by atoms with Gasteiger partial charge in [0.15, 0.2) is 0 Å². The second-order valence-electron chi connectivity index (χ2n) is 4.52. The molecule has 0 aromatic heterocycles. The van der Waals surface area contributed by atoms with E-state index >= 15 is 0 Å². The SMILES string of the molecule is [2H]c1c2cccc1CCc1ccc(cc1)CC2. The van der Waals surface area contributed by atoms with Gasteiger partial charge in [-0.2, -0.15) is 0 Å². The van der Waals surface area contributed by atoms with Crippen molar-refractivity contribution in [3.8, 4) is 0 Å². The van der Waals surface area contributed by atoms with E-state index in [0.717, 1.165) is 31.7 Å². The summed E-state index contributed by atoms with van der Waals surface area (Å²) >= 11 is 0. The summed E-state index contributed by atoms with van der Waals surface area (Å²) in [5.41, 5.74) is 5.13. The molecule has 0 aliphatic heterocycles. The zero-order valence-corrected chi connectivity index (χ0v) is 9.37. The molecule has 2 aromatic rings. The summed E-state index contributed by atoms with van der Waals surface area (Å²) in [6.07, 6.45) is 4.03. The lowest BCUT2D eigenvalue weighted by molar-refractivity contribution is 0.949. The molecule has 4 rings (SSSR count). The van der Waals surface area contributed by atoms with E-state index in [9.17, 15) is 0 Å². The summed E-state index contributed by atoms with van der Waals surface area (Å²) < 4.78 is 8.22. The quantitative estimate of drug-likeness (QED) is 0.622. The van der Waals surface area contributed by atoms with Crippen LogP contribution in [-0.4, -0.2) is 0 Å². The molecule has 16 heavy (non-hydrogen) atoms. The third-order valence-electron chi connectivity index (χ3n) is 3.30. The van der Waals surface area contributed by atoms with Gasteiger partial charge in [0, 0.05) is 0 Å². The van der Waals surface area contributed by atoms with Crippen molar-refractivity contribution in [2.24, 2.45) is 0 Å². The summed E-state index contributed by atoms with van der Waals surface area (Å²) in [7, 11) is 0. The molecule has 0 amide bonds. The number of aryl methyl sites for hydroxylation is 4. The van der Waals surface area contributed by atoms with Crippen LogP contribution in [0.1, 0.15) is 23.6 Å². The minimum absolute atomic E-state index is 0.759. The summed E-state index contributed by atoms with van der Waals surface area (Å²) in [5, 5.41) is 0. The van der Waals surface area contributed by atoms with Gasteiger partial charge in [-0.05, 0) is 47.9 Å². The van der Waals surface area contributed by atoms with Crippen molar-refractivity contribution in [1.29, 1.82) is 0 Å². The Balaban J connectivity index is 2.04. The fourth-order valence-corrected chi connectivity index (χ4v) is 2.29. The van der Waals surface area contributed by atoms with Crippen LogP contribution in [-0.2, 0) is 25.7 Å². The number of hydrogen-bond donors (Lipinski definition) is 0. The molecule has 0 saturated heterocycles. The van der Waals surface area contributed by atoms with E-state index < -0.39 is 0 Å². The smallest absolute Gasteiger partial charge is 0.0617 e. The fourth-order valence-electron chi connectivity index (χ4n) is 2.29. The van der Waals surface area contributed by atoms with Crippen molar-refractivity contribution < 1.29 is 1.37 Å². The van der Waals surface area contributed by atoms with Crippen LogP contribution < -0.4 is 0 Å². The largest absolute Gasteiger partial charge is 0.0629 e. The first-order valence-electron chi connectivity index (χ1n) is 6.48. The van der Waals surface area contributed by atoms with Crippen LogP contribution in [0.5, 0.6) is 0 Å². The topological polar surface area (TPSA) is 0 Å². The standard InChI is InChI=1S/C16H16/c1-2-15-10-8-13-4-6-14(7-5-13)9-11-16(3-1)12-15/h1-7,12H,8-11H2/i12D. The molecule has 0 atom stereocenters. The average molecular weight is 209 g/mol. The van der Waals surface area contributed by atoms with E-state index in [-0.39, 0.29) is 0 Å². The lowest BCUT2D eigenvalue weighted by atomic mass is 10.0. The van der Waals surface area contributed by atoms with Crippen LogP contribution in [0.4, 0.5) is 0 Å². The monoisotopic (exact) mass is 209 g/mol. The van der Waals surface area contributed by atoms with Gasteiger partial charge in [0.2, 0.25) is 0 Å². The highest BCUT2D eigenvalue weighted by Gasteiger charge is 2.02. The number of benzene rings is 2. The molecule has 0 nitrogen and oxygen atoms in total. The summed E-state index contributed by atoms with van der Waals surface area (Å²) in [6.45, 7) is 0. The Morgan fingerprint density at radius 2 is 1.06 bits per heavy atom. The second-order valence-corrected chi connectivity index (χ2v) is 4.52. The van der Waals surface area contributed by atoms with Crippen LogP contribution in [0.15, 0.2) is 48.5 Å². The highest BCUT2D eigenvalue weighted by Crippen LogP contribution is 2.15. The zero-order valence-electron chi connectivity index (χ0n) is 10.4. The van der Waals surface area contributed by atoms with Gasteiger partial charge in [0.25, 0.3) is 0 Å². The van der Waals surface area contributed by atoms with Crippen LogP contribution in [0.3, 0.4) is 0 Å². The average Bonchev–Trinajstić information content (AvgIpc) is 2.39. The van der Waals surface area contributed by atoms with Gasteiger partial charge in [-0.1, -0.05) is 48.5 Å². The predicted molar refractivity (Wildman–Crippen MR) is 67.7 cm³/mol. The molecule has 4 bridgehead atoms. The van der Waals surface area contributed by atoms with Gasteiger partial charge in [-0.15, -0.1) is 0 Å². The van der Waals surface area contributed by atoms with Crippen LogP contribution in [0.2, 0.25) is 0 Å². The van der Waals surface area contributed by atoms with Crippen molar-refractivity contribution in [3.63, 3.8) is 0 Å². The van der Waals surface area contributed by atoms with E-state index in [2.05, 4.69) is 42.5 Å². The number of rotatable bonds is 0. The Morgan fingerprint density at radius 3 is 1.56 bits per heavy atom. The fraction of sp³-hybridized carbons (Fsp3) is 0.250. The van der Waals surface area contributed by atoms with Crippen molar-refractivity contribution in [1.82, 2.24) is 0 Å². The minimum Gasteiger partial charge on any atom is -0.0617 e. The van der Waals surface area contributed by atoms with E-state index in [1.807, 2.05) is 0 Å². The summed E-state index contributed by atoms with van der Waals surface area (Å²) in [5.74, 6) is 0. The molecule has 2 aliphatic rings. The molecule has 0 heteroatoms. The Labute approximate surface area is 98.3 Å². The number of hydrogen-bond acceptors (Lipinski definition) is 0. The third-order valence-corrected chi connectivity index (χ3v) is 3.30. The molecule has 0 unspecified atom stereocenters. The van der Waals surface area contributed by atoms with Gasteiger partial charge in [-0.3, -0.25) is 0 Å². The molecule has 0 fully saturated rings. The lowest BCUT2D eigenvalue weighted by Crippen LogP contribution is -1.92. The van der Waals surface area contributed by atoms with Crippen molar-refractivity contribution in [2.75, 3.05) is 0 Å². The molecule has 2 aromatic carbocycles. The molecular formula is C16H16. The lowest BCUT2D eigenvalue weighted by Gasteiger charge is -2.03. The Bertz CT molecular complexity index is 480. The molecule has 0 heterocycles. The number of fused-ring (bicyclic) bond motifs is 4. The van der Waals surface area contributed by atoms with Crippen molar-refractivity contribution >= 4 is 0 Å². The van der Waals surface area contributed by atoms with Gasteiger partial charge in [0.1, 0.15) is 0 Å². The van der Waals surface area contributed by atoms with Crippen LogP contribution in [0.25, 0.3) is 0 Å². The molecular weight excluding hydrogens is 192 g/mol. The van der Waals surface area contributed by atoms with E-state index in [4.69, 9.17) is 1.37 Å². The van der Waals surface area contributed by atoms with Crippen LogP contribution >= 0.6 is 0 Å². The Kier molecular flexibility index (Phi) is 2.21. The van der Waals surface area contributed by atoms with Crippen molar-refractivity contribution in [3.05, 3.63) is 70.8 Å². The molecule has 0 spiro atoms. The first-order chi connectivity index (χ1) is 8.33. The summed E-state index contributed by atoms with van der Waals surface area (Å²) in [4.78, 5) is 0. The first kappa shape index (κ1) is 8.58. The third kappa shape index (κ3) is 2.01. The maximum absolute atomic E-state index is 8.22. The zero-order chi connectivity index (χ0) is 11.7. The van der Waals surface area contributed by atoms with E-state index in [0.29, 0.717) is 0 Å².